The monoisotopic (exact) mass is 517 g/mol. The number of nitrogens with one attached hydrogen (secondary N) is 2. The van der Waals surface area contributed by atoms with Gasteiger partial charge in [0, 0.05) is 23.4 Å². The van der Waals surface area contributed by atoms with E-state index in [2.05, 4.69) is 20.9 Å². The van der Waals surface area contributed by atoms with Crippen LogP contribution in [0.3, 0.4) is 0 Å². The van der Waals surface area contributed by atoms with Crippen molar-refractivity contribution in [3.63, 3.8) is 0 Å². The highest BCUT2D eigenvalue weighted by molar-refractivity contribution is 7.14. The van der Waals surface area contributed by atoms with Crippen molar-refractivity contribution in [2.24, 2.45) is 10.1 Å². The average Bonchev–Trinajstić information content (AvgIpc) is 3.47. The lowest BCUT2D eigenvalue weighted by atomic mass is 10.2. The van der Waals surface area contributed by atoms with Crippen LogP contribution in [0.4, 0.5) is 5.00 Å². The highest BCUT2D eigenvalue weighted by Crippen LogP contribution is 2.24. The summed E-state index contributed by atoms with van der Waals surface area (Å²) in [4.78, 5) is 47.4. The van der Waals surface area contributed by atoms with Crippen molar-refractivity contribution in [1.29, 1.82) is 0 Å². The molecule has 0 spiro atoms. The number of ether oxygens (including phenoxy) is 1. The highest BCUT2D eigenvalue weighted by Gasteiger charge is 2.34. The van der Waals surface area contributed by atoms with E-state index in [0.717, 1.165) is 10.6 Å². The molecule has 11 heteroatoms. The molecule has 0 saturated carbocycles. The fraction of sp³-hybridized carbons (Fsp3) is 0.115. The summed E-state index contributed by atoms with van der Waals surface area (Å²) < 4.78 is 5.18. The van der Waals surface area contributed by atoms with Crippen molar-refractivity contribution in [1.82, 2.24) is 10.4 Å². The Morgan fingerprint density at radius 3 is 2.46 bits per heavy atom. The standard InChI is InChI=1S/C26H23N5O5S/c1-16(32)27-22-14-19(15-37-22)23(30-36-3)25(33)29-31-24(18-7-5-4-6-8-18)28-21(26(31)34)13-17-9-11-20(35-2)12-10-17/h4-15H,1-3H3,(H,27,32)(H,29,33)/b21-13+,30-23+. The molecule has 2 aromatic carbocycles. The van der Waals surface area contributed by atoms with Gasteiger partial charge in [-0.2, -0.15) is 5.01 Å². The molecule has 0 fully saturated rings. The maximum atomic E-state index is 13.4. The second-order valence-electron chi connectivity index (χ2n) is 7.69. The number of methoxy groups -OCH3 is 1. The first-order chi connectivity index (χ1) is 17.9. The van der Waals surface area contributed by atoms with Crippen molar-refractivity contribution < 1.29 is 24.0 Å². The lowest BCUT2D eigenvalue weighted by molar-refractivity contribution is -0.130. The van der Waals surface area contributed by atoms with Gasteiger partial charge in [-0.05, 0) is 29.8 Å². The number of hydrogen-bond donors (Lipinski definition) is 2. The number of hydrogen-bond acceptors (Lipinski definition) is 8. The van der Waals surface area contributed by atoms with Crippen LogP contribution in [0.25, 0.3) is 6.08 Å². The number of nitrogens with zero attached hydrogens (tertiary/aromatic N) is 3. The number of aliphatic imine (C=N–C) groups is 1. The van der Waals surface area contributed by atoms with Gasteiger partial charge in [0.15, 0.2) is 11.5 Å². The van der Waals surface area contributed by atoms with Crippen LogP contribution in [-0.4, -0.2) is 48.5 Å². The van der Waals surface area contributed by atoms with Crippen molar-refractivity contribution >= 4 is 51.7 Å². The number of anilines is 1. The fourth-order valence-corrected chi connectivity index (χ4v) is 4.26. The average molecular weight is 518 g/mol. The minimum absolute atomic E-state index is 0.0804. The summed E-state index contributed by atoms with van der Waals surface area (Å²) in [5, 5.41) is 9.77. The van der Waals surface area contributed by atoms with Crippen LogP contribution >= 0.6 is 11.3 Å². The number of amidine groups is 1. The zero-order valence-corrected chi connectivity index (χ0v) is 21.0. The van der Waals surface area contributed by atoms with Gasteiger partial charge in [0.1, 0.15) is 18.6 Å². The van der Waals surface area contributed by atoms with E-state index in [0.29, 0.717) is 21.9 Å². The Balaban J connectivity index is 1.65. The second kappa shape index (κ2) is 11.3. The van der Waals surface area contributed by atoms with Crippen LogP contribution in [0, 0.1) is 0 Å². The molecule has 0 bridgehead atoms. The predicted octanol–water partition coefficient (Wildman–Crippen LogP) is 3.43. The molecular formula is C26H23N5O5S. The van der Waals surface area contributed by atoms with E-state index < -0.39 is 11.8 Å². The van der Waals surface area contributed by atoms with Crippen LogP contribution in [0.15, 0.2) is 81.9 Å². The van der Waals surface area contributed by atoms with E-state index in [1.807, 2.05) is 6.07 Å². The number of oxime groups is 1. The Morgan fingerprint density at radius 1 is 1.08 bits per heavy atom. The Labute approximate surface area is 216 Å². The Hall–Kier alpha value is -4.77. The van der Waals surface area contributed by atoms with Gasteiger partial charge >= 0.3 is 0 Å². The van der Waals surface area contributed by atoms with Crippen LogP contribution < -0.4 is 15.5 Å². The van der Waals surface area contributed by atoms with Gasteiger partial charge in [0.25, 0.3) is 11.8 Å². The molecule has 0 atom stereocenters. The summed E-state index contributed by atoms with van der Waals surface area (Å²) in [6.45, 7) is 1.39. The summed E-state index contributed by atoms with van der Waals surface area (Å²) in [6.07, 6.45) is 1.62. The lowest BCUT2D eigenvalue weighted by Gasteiger charge is -2.19. The van der Waals surface area contributed by atoms with Crippen LogP contribution in [-0.2, 0) is 19.2 Å². The van der Waals surface area contributed by atoms with E-state index in [4.69, 9.17) is 9.57 Å². The topological polar surface area (TPSA) is 122 Å². The first-order valence-corrected chi connectivity index (χ1v) is 11.9. The molecule has 1 aromatic heterocycles. The van der Waals surface area contributed by atoms with Gasteiger partial charge in [-0.15, -0.1) is 11.3 Å². The number of rotatable bonds is 8. The Kier molecular flexibility index (Phi) is 7.74. The predicted molar refractivity (Wildman–Crippen MR) is 141 cm³/mol. The molecule has 2 N–H and O–H groups in total. The Morgan fingerprint density at radius 2 is 1.81 bits per heavy atom. The van der Waals surface area contributed by atoms with E-state index in [9.17, 15) is 14.4 Å². The lowest BCUT2D eigenvalue weighted by Crippen LogP contribution is -2.49. The molecular weight excluding hydrogens is 494 g/mol. The van der Waals surface area contributed by atoms with Crippen LogP contribution in [0.5, 0.6) is 5.75 Å². The summed E-state index contributed by atoms with van der Waals surface area (Å²) >= 11 is 1.22. The molecule has 4 rings (SSSR count). The normalized spacial score (nSPS) is 14.4. The minimum atomic E-state index is -0.697. The molecule has 0 saturated heterocycles. The van der Waals surface area contributed by atoms with Gasteiger partial charge in [0.2, 0.25) is 5.91 Å². The van der Waals surface area contributed by atoms with Crippen molar-refractivity contribution in [2.45, 2.75) is 6.92 Å². The molecule has 0 unspecified atom stereocenters. The molecule has 0 radical (unpaired) electrons. The van der Waals surface area contributed by atoms with Crippen LogP contribution in [0.1, 0.15) is 23.6 Å². The first kappa shape index (κ1) is 25.3. The third kappa shape index (κ3) is 5.90. The van der Waals surface area contributed by atoms with E-state index in [1.54, 1.807) is 73.2 Å². The van der Waals surface area contributed by atoms with Gasteiger partial charge in [-0.3, -0.25) is 19.8 Å². The van der Waals surface area contributed by atoms with Crippen molar-refractivity contribution in [3.05, 3.63) is 88.4 Å². The smallest absolute Gasteiger partial charge is 0.297 e. The van der Waals surface area contributed by atoms with E-state index >= 15 is 0 Å². The fourth-order valence-electron chi connectivity index (χ4n) is 3.43. The largest absolute Gasteiger partial charge is 0.497 e. The number of carbonyl (C=O) groups excluding carboxylic acids is 3. The van der Waals surface area contributed by atoms with Crippen molar-refractivity contribution in [3.8, 4) is 5.75 Å². The zero-order chi connectivity index (χ0) is 26.4. The summed E-state index contributed by atoms with van der Waals surface area (Å²) in [5.74, 6) is -0.534. The minimum Gasteiger partial charge on any atom is -0.497 e. The molecule has 0 aliphatic carbocycles. The number of hydrazine groups is 1. The van der Waals surface area contributed by atoms with Gasteiger partial charge < -0.3 is 14.9 Å². The summed E-state index contributed by atoms with van der Waals surface area (Å²) in [7, 11) is 2.88. The van der Waals surface area contributed by atoms with Gasteiger partial charge in [0.05, 0.1) is 12.1 Å². The number of benzene rings is 2. The molecule has 188 valence electrons. The van der Waals surface area contributed by atoms with E-state index in [-0.39, 0.29) is 23.2 Å². The maximum Gasteiger partial charge on any atom is 0.297 e. The quantitative estimate of drug-likeness (QED) is 0.269. The Bertz CT molecular complexity index is 1410. The third-order valence-electron chi connectivity index (χ3n) is 5.09. The summed E-state index contributed by atoms with van der Waals surface area (Å²) in [6, 6.07) is 17.7. The summed E-state index contributed by atoms with van der Waals surface area (Å²) in [5.41, 5.74) is 4.43. The second-order valence-corrected chi connectivity index (χ2v) is 8.60. The molecule has 10 nitrogen and oxygen atoms in total. The number of amides is 3. The molecule has 37 heavy (non-hydrogen) atoms. The highest BCUT2D eigenvalue weighted by atomic mass is 32.1. The molecule has 3 amide bonds. The molecule has 1 aliphatic heterocycles. The molecule has 2 heterocycles. The van der Waals surface area contributed by atoms with Crippen LogP contribution in [0.2, 0.25) is 0 Å². The molecule has 1 aliphatic rings. The first-order valence-electron chi connectivity index (χ1n) is 11.0. The molecule has 3 aromatic rings. The zero-order valence-electron chi connectivity index (χ0n) is 20.2. The SMILES string of the molecule is CO/N=C(/C(=O)NN1C(=O)/C(=C\c2ccc(OC)cc2)N=C1c1ccccc1)c1csc(NC(C)=O)c1. The van der Waals surface area contributed by atoms with Gasteiger partial charge in [-0.25, -0.2) is 4.99 Å². The number of thiophene rings is 1. The third-order valence-corrected chi connectivity index (χ3v) is 5.94. The number of carbonyl (C=O) groups is 3. The van der Waals surface area contributed by atoms with E-state index in [1.165, 1.54) is 25.4 Å². The van der Waals surface area contributed by atoms with Crippen molar-refractivity contribution in [2.75, 3.05) is 19.5 Å². The van der Waals surface area contributed by atoms with Gasteiger partial charge in [-0.1, -0.05) is 47.6 Å². The maximum absolute atomic E-state index is 13.4.